The minimum Gasteiger partial charge on any atom is -0.370 e. The Kier molecular flexibility index (Phi) is 3.66. The standard InChI is InChI=1S/C12H12BrClN2/c1-2-7-15-10-6-4-8-3-5-9(14)11(13)12(8)16-10/h3-6H,2,7H2,1H3,(H,15,16). The van der Waals surface area contributed by atoms with Gasteiger partial charge in [-0.2, -0.15) is 0 Å². The smallest absolute Gasteiger partial charge is 0.126 e. The van der Waals surface area contributed by atoms with Gasteiger partial charge < -0.3 is 5.32 Å². The number of aromatic nitrogens is 1. The molecule has 0 saturated heterocycles. The number of benzene rings is 1. The Morgan fingerprint density at radius 1 is 1.31 bits per heavy atom. The maximum absolute atomic E-state index is 6.04. The van der Waals surface area contributed by atoms with Crippen LogP contribution in [0.25, 0.3) is 10.9 Å². The number of halogens is 2. The molecule has 0 saturated carbocycles. The molecule has 1 heterocycles. The molecule has 0 aliphatic rings. The number of pyridine rings is 1. The number of rotatable bonds is 3. The lowest BCUT2D eigenvalue weighted by Gasteiger charge is -2.07. The van der Waals surface area contributed by atoms with Crippen LogP contribution in [-0.2, 0) is 0 Å². The largest absolute Gasteiger partial charge is 0.370 e. The number of hydrogen-bond acceptors (Lipinski definition) is 2. The molecule has 0 aliphatic carbocycles. The van der Waals surface area contributed by atoms with Crippen LogP contribution in [-0.4, -0.2) is 11.5 Å². The zero-order valence-electron chi connectivity index (χ0n) is 8.93. The van der Waals surface area contributed by atoms with Gasteiger partial charge in [-0.25, -0.2) is 4.98 Å². The first kappa shape index (κ1) is 11.7. The molecule has 0 fully saturated rings. The van der Waals surface area contributed by atoms with Gasteiger partial charge in [-0.15, -0.1) is 0 Å². The Morgan fingerprint density at radius 2 is 2.06 bits per heavy atom. The fraction of sp³-hybridized carbons (Fsp3) is 0.250. The number of nitrogens with one attached hydrogen (secondary N) is 1. The van der Waals surface area contributed by atoms with Gasteiger partial charge >= 0.3 is 0 Å². The highest BCUT2D eigenvalue weighted by molar-refractivity contribution is 9.10. The lowest BCUT2D eigenvalue weighted by Crippen LogP contribution is -2.01. The molecule has 0 atom stereocenters. The normalized spacial score (nSPS) is 10.7. The van der Waals surface area contributed by atoms with Crippen molar-refractivity contribution in [3.63, 3.8) is 0 Å². The van der Waals surface area contributed by atoms with Crippen LogP contribution in [0.2, 0.25) is 5.02 Å². The molecule has 0 bridgehead atoms. The van der Waals surface area contributed by atoms with Crippen LogP contribution < -0.4 is 5.32 Å². The van der Waals surface area contributed by atoms with E-state index in [-0.39, 0.29) is 0 Å². The minimum absolute atomic E-state index is 0.688. The summed E-state index contributed by atoms with van der Waals surface area (Å²) in [6.45, 7) is 3.05. The van der Waals surface area contributed by atoms with E-state index in [1.807, 2.05) is 24.3 Å². The molecule has 1 aromatic heterocycles. The van der Waals surface area contributed by atoms with E-state index >= 15 is 0 Å². The third-order valence-electron chi connectivity index (χ3n) is 2.31. The van der Waals surface area contributed by atoms with Crippen LogP contribution in [0.1, 0.15) is 13.3 Å². The van der Waals surface area contributed by atoms with Crippen LogP contribution in [0.15, 0.2) is 28.7 Å². The highest BCUT2D eigenvalue weighted by Crippen LogP contribution is 2.30. The molecule has 0 aliphatic heterocycles. The van der Waals surface area contributed by atoms with Crippen molar-refractivity contribution in [1.82, 2.24) is 4.98 Å². The van der Waals surface area contributed by atoms with E-state index in [1.165, 1.54) is 0 Å². The monoisotopic (exact) mass is 298 g/mol. The maximum atomic E-state index is 6.04. The Morgan fingerprint density at radius 3 is 2.81 bits per heavy atom. The number of hydrogen-bond donors (Lipinski definition) is 1. The van der Waals surface area contributed by atoms with Gasteiger partial charge in [0.2, 0.25) is 0 Å². The molecule has 1 aromatic carbocycles. The average molecular weight is 300 g/mol. The number of nitrogens with zero attached hydrogens (tertiary/aromatic N) is 1. The predicted molar refractivity (Wildman–Crippen MR) is 73.2 cm³/mol. The summed E-state index contributed by atoms with van der Waals surface area (Å²) in [7, 11) is 0. The Balaban J connectivity index is 2.47. The SMILES string of the molecule is CCCNc1ccc2ccc(Cl)c(Br)c2n1. The van der Waals surface area contributed by atoms with E-state index in [0.29, 0.717) is 5.02 Å². The molecule has 0 radical (unpaired) electrons. The van der Waals surface area contributed by atoms with Crippen LogP contribution in [0.5, 0.6) is 0 Å². The summed E-state index contributed by atoms with van der Waals surface area (Å²) in [6, 6.07) is 7.87. The molecular formula is C12H12BrClN2. The second-order valence-corrected chi connectivity index (χ2v) is 4.76. The molecule has 0 unspecified atom stereocenters. The first-order valence-electron chi connectivity index (χ1n) is 5.21. The summed E-state index contributed by atoms with van der Waals surface area (Å²) in [5.74, 6) is 0.886. The van der Waals surface area contributed by atoms with Crippen molar-refractivity contribution >= 4 is 44.3 Å². The van der Waals surface area contributed by atoms with Crippen LogP contribution in [0.3, 0.4) is 0 Å². The van der Waals surface area contributed by atoms with Gasteiger partial charge in [-0.05, 0) is 40.5 Å². The zero-order valence-corrected chi connectivity index (χ0v) is 11.3. The molecule has 2 aromatic rings. The van der Waals surface area contributed by atoms with E-state index in [0.717, 1.165) is 34.2 Å². The lowest BCUT2D eigenvalue weighted by molar-refractivity contribution is 0.971. The molecule has 16 heavy (non-hydrogen) atoms. The molecule has 0 amide bonds. The Hall–Kier alpha value is -0.800. The van der Waals surface area contributed by atoms with Crippen LogP contribution in [0, 0.1) is 0 Å². The van der Waals surface area contributed by atoms with Crippen molar-refractivity contribution in [3.05, 3.63) is 33.8 Å². The van der Waals surface area contributed by atoms with E-state index in [1.54, 1.807) is 0 Å². The molecule has 4 heteroatoms. The molecular weight excluding hydrogens is 288 g/mol. The highest BCUT2D eigenvalue weighted by atomic mass is 79.9. The summed E-state index contributed by atoms with van der Waals surface area (Å²) in [4.78, 5) is 4.53. The summed E-state index contributed by atoms with van der Waals surface area (Å²) in [5, 5.41) is 5.03. The number of anilines is 1. The van der Waals surface area contributed by atoms with Gasteiger partial charge in [0, 0.05) is 11.9 Å². The molecule has 84 valence electrons. The molecule has 2 rings (SSSR count). The van der Waals surface area contributed by atoms with Gasteiger partial charge in [0.25, 0.3) is 0 Å². The fourth-order valence-electron chi connectivity index (χ4n) is 1.48. The van der Waals surface area contributed by atoms with Crippen molar-refractivity contribution in [2.24, 2.45) is 0 Å². The quantitative estimate of drug-likeness (QED) is 0.904. The minimum atomic E-state index is 0.688. The van der Waals surface area contributed by atoms with E-state index < -0.39 is 0 Å². The van der Waals surface area contributed by atoms with E-state index in [9.17, 15) is 0 Å². The second-order valence-electron chi connectivity index (χ2n) is 3.56. The first-order valence-corrected chi connectivity index (χ1v) is 6.38. The van der Waals surface area contributed by atoms with Crippen molar-refractivity contribution in [2.75, 3.05) is 11.9 Å². The number of fused-ring (bicyclic) bond motifs is 1. The van der Waals surface area contributed by atoms with Crippen molar-refractivity contribution < 1.29 is 0 Å². The lowest BCUT2D eigenvalue weighted by atomic mass is 10.2. The van der Waals surface area contributed by atoms with Gasteiger partial charge in [0.1, 0.15) is 5.82 Å². The second kappa shape index (κ2) is 5.02. The Labute approximate surface area is 108 Å². The Bertz CT molecular complexity index is 514. The third kappa shape index (κ3) is 2.30. The average Bonchev–Trinajstić information content (AvgIpc) is 2.31. The highest BCUT2D eigenvalue weighted by Gasteiger charge is 2.05. The van der Waals surface area contributed by atoms with Gasteiger partial charge in [0.15, 0.2) is 0 Å². The van der Waals surface area contributed by atoms with Crippen molar-refractivity contribution in [3.8, 4) is 0 Å². The molecule has 2 nitrogen and oxygen atoms in total. The van der Waals surface area contributed by atoms with Gasteiger partial charge in [0.05, 0.1) is 15.0 Å². The van der Waals surface area contributed by atoms with E-state index in [2.05, 4.69) is 33.2 Å². The van der Waals surface area contributed by atoms with Gasteiger partial charge in [-0.3, -0.25) is 0 Å². The van der Waals surface area contributed by atoms with Crippen molar-refractivity contribution in [2.45, 2.75) is 13.3 Å². The predicted octanol–water partition coefficient (Wildman–Crippen LogP) is 4.47. The summed E-state index contributed by atoms with van der Waals surface area (Å²) < 4.78 is 0.854. The summed E-state index contributed by atoms with van der Waals surface area (Å²) in [5.41, 5.74) is 0.897. The van der Waals surface area contributed by atoms with Crippen LogP contribution >= 0.6 is 27.5 Å². The van der Waals surface area contributed by atoms with Gasteiger partial charge in [-0.1, -0.05) is 24.6 Å². The molecule has 0 spiro atoms. The van der Waals surface area contributed by atoms with Crippen LogP contribution in [0.4, 0.5) is 5.82 Å². The third-order valence-corrected chi connectivity index (χ3v) is 3.66. The fourth-order valence-corrected chi connectivity index (χ4v) is 2.08. The van der Waals surface area contributed by atoms with Crippen molar-refractivity contribution in [1.29, 1.82) is 0 Å². The zero-order chi connectivity index (χ0) is 11.5. The first-order chi connectivity index (χ1) is 7.72. The summed E-state index contributed by atoms with van der Waals surface area (Å²) >= 11 is 9.50. The maximum Gasteiger partial charge on any atom is 0.126 e. The topological polar surface area (TPSA) is 24.9 Å². The van der Waals surface area contributed by atoms with E-state index in [4.69, 9.17) is 11.6 Å². The summed E-state index contributed by atoms with van der Waals surface area (Å²) in [6.07, 6.45) is 1.08. The molecule has 1 N–H and O–H groups in total.